The molecule has 7 nitrogen and oxygen atoms in total. The Kier molecular flexibility index (Phi) is 5.35. The van der Waals surface area contributed by atoms with Crippen molar-refractivity contribution in [1.29, 1.82) is 0 Å². The molecular weight excluding hydrogens is 355 g/mol. The summed E-state index contributed by atoms with van der Waals surface area (Å²) in [6, 6.07) is 9.35. The highest BCUT2D eigenvalue weighted by molar-refractivity contribution is 5.92. The summed E-state index contributed by atoms with van der Waals surface area (Å²) in [5.41, 5.74) is 1.22. The van der Waals surface area contributed by atoms with Crippen molar-refractivity contribution in [2.24, 2.45) is 0 Å². The number of rotatable bonds is 6. The summed E-state index contributed by atoms with van der Waals surface area (Å²) >= 11 is 0. The lowest BCUT2D eigenvalue weighted by Crippen LogP contribution is -2.07. The molecule has 0 spiro atoms. The van der Waals surface area contributed by atoms with E-state index in [4.69, 9.17) is 18.7 Å². The molecule has 0 aliphatic rings. The van der Waals surface area contributed by atoms with Crippen LogP contribution in [0, 0.1) is 12.7 Å². The zero-order valence-electron chi connectivity index (χ0n) is 15.0. The molecule has 0 N–H and O–H groups in total. The minimum Gasteiger partial charge on any atom is -0.497 e. The molecule has 2 aromatic carbocycles. The Balaban J connectivity index is 1.69. The molecule has 27 heavy (non-hydrogen) atoms. The first-order chi connectivity index (χ1) is 13.0. The molecule has 140 valence electrons. The molecule has 0 aliphatic carbocycles. The largest absolute Gasteiger partial charge is 0.497 e. The van der Waals surface area contributed by atoms with Crippen molar-refractivity contribution < 1.29 is 27.9 Å². The predicted octanol–water partition coefficient (Wildman–Crippen LogP) is 3.56. The Morgan fingerprint density at radius 1 is 1.15 bits per heavy atom. The van der Waals surface area contributed by atoms with Crippen LogP contribution in [-0.2, 0) is 11.3 Å². The maximum atomic E-state index is 13.7. The van der Waals surface area contributed by atoms with Gasteiger partial charge in [-0.25, -0.2) is 9.18 Å². The van der Waals surface area contributed by atoms with E-state index >= 15 is 0 Å². The van der Waals surface area contributed by atoms with Gasteiger partial charge in [0.2, 0.25) is 5.82 Å². The highest BCUT2D eigenvalue weighted by Gasteiger charge is 2.17. The number of aromatic nitrogens is 2. The van der Waals surface area contributed by atoms with Gasteiger partial charge in [0.05, 0.1) is 14.2 Å². The van der Waals surface area contributed by atoms with Gasteiger partial charge in [-0.2, -0.15) is 4.98 Å². The Labute approximate surface area is 154 Å². The van der Waals surface area contributed by atoms with E-state index in [9.17, 15) is 9.18 Å². The average molecular weight is 372 g/mol. The fraction of sp³-hybridized carbons (Fsp3) is 0.211. The molecule has 0 radical (unpaired) electrons. The SMILES string of the molecule is COc1ccc(C(=O)OCc2nc(-c3ccc(C)c(F)c3)no2)c(OC)c1. The van der Waals surface area contributed by atoms with Gasteiger partial charge in [-0.3, -0.25) is 0 Å². The van der Waals surface area contributed by atoms with Crippen molar-refractivity contribution in [3.63, 3.8) is 0 Å². The second-order valence-corrected chi connectivity index (χ2v) is 5.62. The van der Waals surface area contributed by atoms with Crippen molar-refractivity contribution in [3.8, 4) is 22.9 Å². The van der Waals surface area contributed by atoms with Crippen LogP contribution in [0.4, 0.5) is 4.39 Å². The Hall–Kier alpha value is -3.42. The number of hydrogen-bond donors (Lipinski definition) is 0. The van der Waals surface area contributed by atoms with Gasteiger partial charge in [0.25, 0.3) is 5.89 Å². The van der Waals surface area contributed by atoms with E-state index in [1.165, 1.54) is 26.4 Å². The van der Waals surface area contributed by atoms with Gasteiger partial charge in [-0.15, -0.1) is 0 Å². The van der Waals surface area contributed by atoms with E-state index in [1.807, 2.05) is 0 Å². The summed E-state index contributed by atoms with van der Waals surface area (Å²) in [5, 5.41) is 3.78. The molecule has 0 atom stereocenters. The third-order valence-corrected chi connectivity index (χ3v) is 3.85. The zero-order chi connectivity index (χ0) is 19.4. The summed E-state index contributed by atoms with van der Waals surface area (Å²) in [5.74, 6) is 0.192. The lowest BCUT2D eigenvalue weighted by atomic mass is 10.1. The van der Waals surface area contributed by atoms with Crippen LogP contribution in [0.15, 0.2) is 40.9 Å². The fourth-order valence-electron chi connectivity index (χ4n) is 2.33. The number of benzene rings is 2. The van der Waals surface area contributed by atoms with Crippen LogP contribution < -0.4 is 9.47 Å². The second kappa shape index (κ2) is 7.86. The first-order valence-electron chi connectivity index (χ1n) is 8.00. The summed E-state index contributed by atoms with van der Waals surface area (Å²) in [7, 11) is 2.95. The molecule has 1 heterocycles. The second-order valence-electron chi connectivity index (χ2n) is 5.62. The third kappa shape index (κ3) is 4.05. The van der Waals surface area contributed by atoms with E-state index in [0.717, 1.165) is 0 Å². The Morgan fingerprint density at radius 2 is 1.96 bits per heavy atom. The number of nitrogens with zero attached hydrogens (tertiary/aromatic N) is 2. The van der Waals surface area contributed by atoms with E-state index < -0.39 is 5.97 Å². The maximum absolute atomic E-state index is 13.7. The number of halogens is 1. The molecule has 8 heteroatoms. The van der Waals surface area contributed by atoms with Crippen molar-refractivity contribution in [2.75, 3.05) is 14.2 Å². The monoisotopic (exact) mass is 372 g/mol. The number of carbonyl (C=O) groups excluding carboxylic acids is 1. The first kappa shape index (κ1) is 18.4. The normalized spacial score (nSPS) is 10.5. The van der Waals surface area contributed by atoms with Crippen LogP contribution in [0.1, 0.15) is 21.8 Å². The van der Waals surface area contributed by atoms with Crippen LogP contribution in [0.5, 0.6) is 11.5 Å². The van der Waals surface area contributed by atoms with E-state index in [1.54, 1.807) is 31.2 Å². The molecule has 1 aromatic heterocycles. The summed E-state index contributed by atoms with van der Waals surface area (Å²) in [6.07, 6.45) is 0. The smallest absolute Gasteiger partial charge is 0.342 e. The zero-order valence-corrected chi connectivity index (χ0v) is 15.0. The molecule has 0 unspecified atom stereocenters. The molecule has 0 aliphatic heterocycles. The number of methoxy groups -OCH3 is 2. The van der Waals surface area contributed by atoms with Crippen LogP contribution in [-0.4, -0.2) is 30.3 Å². The van der Waals surface area contributed by atoms with Crippen molar-refractivity contribution in [3.05, 3.63) is 59.2 Å². The minimum absolute atomic E-state index is 0.0896. The molecule has 0 amide bonds. The highest BCUT2D eigenvalue weighted by Crippen LogP contribution is 2.25. The van der Waals surface area contributed by atoms with E-state index in [0.29, 0.717) is 22.6 Å². The first-order valence-corrected chi connectivity index (χ1v) is 8.00. The van der Waals surface area contributed by atoms with Crippen LogP contribution in [0.3, 0.4) is 0 Å². The van der Waals surface area contributed by atoms with Crippen LogP contribution >= 0.6 is 0 Å². The third-order valence-electron chi connectivity index (χ3n) is 3.85. The summed E-state index contributed by atoms with van der Waals surface area (Å²) in [4.78, 5) is 16.4. The fourth-order valence-corrected chi connectivity index (χ4v) is 2.33. The summed E-state index contributed by atoms with van der Waals surface area (Å²) in [6.45, 7) is 1.43. The number of aryl methyl sites for hydroxylation is 1. The average Bonchev–Trinajstić information content (AvgIpc) is 3.16. The Bertz CT molecular complexity index is 970. The van der Waals surface area contributed by atoms with Gasteiger partial charge in [-0.1, -0.05) is 17.3 Å². The number of ether oxygens (including phenoxy) is 3. The topological polar surface area (TPSA) is 83.7 Å². The molecular formula is C19H17FN2O5. The molecule has 3 rings (SSSR count). The minimum atomic E-state index is -0.615. The van der Waals surface area contributed by atoms with Gasteiger partial charge in [-0.05, 0) is 30.7 Å². The highest BCUT2D eigenvalue weighted by atomic mass is 19.1. The van der Waals surface area contributed by atoms with Gasteiger partial charge >= 0.3 is 5.97 Å². The molecule has 0 fully saturated rings. The van der Waals surface area contributed by atoms with Gasteiger partial charge in [0.15, 0.2) is 6.61 Å². The maximum Gasteiger partial charge on any atom is 0.342 e. The molecule has 3 aromatic rings. The molecule has 0 bridgehead atoms. The standard InChI is InChI=1S/C19H17FN2O5/c1-11-4-5-12(8-15(11)20)18-21-17(27-22-18)10-26-19(23)14-7-6-13(24-2)9-16(14)25-3/h4-9H,10H2,1-3H3. The van der Waals surface area contributed by atoms with Gasteiger partial charge < -0.3 is 18.7 Å². The molecule has 0 saturated heterocycles. The number of hydrogen-bond acceptors (Lipinski definition) is 7. The van der Waals surface area contributed by atoms with Gasteiger partial charge in [0, 0.05) is 11.6 Å². The predicted molar refractivity (Wildman–Crippen MR) is 93.1 cm³/mol. The number of esters is 1. The Morgan fingerprint density at radius 3 is 2.67 bits per heavy atom. The van der Waals surface area contributed by atoms with Crippen LogP contribution in [0.2, 0.25) is 0 Å². The number of carbonyl (C=O) groups is 1. The summed E-state index contributed by atoms with van der Waals surface area (Å²) < 4.78 is 34.2. The van der Waals surface area contributed by atoms with E-state index in [2.05, 4.69) is 10.1 Å². The molecule has 0 saturated carbocycles. The lowest BCUT2D eigenvalue weighted by molar-refractivity contribution is 0.0426. The van der Waals surface area contributed by atoms with Crippen molar-refractivity contribution in [1.82, 2.24) is 10.1 Å². The lowest BCUT2D eigenvalue weighted by Gasteiger charge is -2.09. The quantitative estimate of drug-likeness (QED) is 0.612. The van der Waals surface area contributed by atoms with Gasteiger partial charge in [0.1, 0.15) is 22.9 Å². The van der Waals surface area contributed by atoms with Crippen molar-refractivity contribution >= 4 is 5.97 Å². The van der Waals surface area contributed by atoms with Crippen LogP contribution in [0.25, 0.3) is 11.4 Å². The van der Waals surface area contributed by atoms with E-state index in [-0.39, 0.29) is 29.7 Å². The van der Waals surface area contributed by atoms with Crippen molar-refractivity contribution in [2.45, 2.75) is 13.5 Å².